The van der Waals surface area contributed by atoms with Crippen molar-refractivity contribution >= 4 is 32.7 Å². The van der Waals surface area contributed by atoms with Crippen molar-refractivity contribution in [3.8, 4) is 16.9 Å². The molecule has 0 aliphatic heterocycles. The summed E-state index contributed by atoms with van der Waals surface area (Å²) in [4.78, 5) is 26.4. The van der Waals surface area contributed by atoms with Crippen LogP contribution in [0.2, 0.25) is 0 Å². The number of amides is 2. The number of nitrogens with zero attached hydrogens (tertiary/aromatic N) is 4. The first-order chi connectivity index (χ1) is 14.3. The van der Waals surface area contributed by atoms with E-state index in [0.717, 1.165) is 27.1 Å². The summed E-state index contributed by atoms with van der Waals surface area (Å²) in [5, 5.41) is 10.7. The number of carbonyl (C=O) groups excluding carboxylic acids is 1. The third-order valence-corrected chi connectivity index (χ3v) is 6.01. The predicted molar refractivity (Wildman–Crippen MR) is 117 cm³/mol. The summed E-state index contributed by atoms with van der Waals surface area (Å²) >= 11 is 1.40. The van der Waals surface area contributed by atoms with Gasteiger partial charge in [-0.3, -0.25) is 4.90 Å². The number of nitrogens with two attached hydrogens (primary N) is 1. The molecule has 1 aliphatic rings. The predicted octanol–water partition coefficient (Wildman–Crippen LogP) is 3.67. The molecule has 1 saturated carbocycles. The zero-order valence-electron chi connectivity index (χ0n) is 17.3. The molecule has 2 heterocycles. The molecule has 158 valence electrons. The molecule has 1 aliphatic carbocycles. The van der Waals surface area contributed by atoms with Crippen LogP contribution in [0.25, 0.3) is 21.3 Å². The average Bonchev–Trinajstić information content (AvgIpc) is 3.44. The van der Waals surface area contributed by atoms with E-state index >= 15 is 0 Å². The minimum absolute atomic E-state index is 0.351. The van der Waals surface area contributed by atoms with Gasteiger partial charge in [0.1, 0.15) is 11.4 Å². The van der Waals surface area contributed by atoms with Crippen molar-refractivity contribution in [2.75, 3.05) is 18.1 Å². The molecule has 30 heavy (non-hydrogen) atoms. The molecular formula is C21H25N5O3S. The van der Waals surface area contributed by atoms with Gasteiger partial charge in [-0.05, 0) is 45.6 Å². The fraction of sp³-hybridized carbons (Fsp3) is 0.429. The van der Waals surface area contributed by atoms with Gasteiger partial charge in [0, 0.05) is 36.1 Å². The lowest BCUT2D eigenvalue weighted by molar-refractivity contribution is 0.0687. The zero-order chi connectivity index (χ0) is 21.5. The highest BCUT2D eigenvalue weighted by molar-refractivity contribution is 7.22. The molecule has 0 atom stereocenters. The largest absolute Gasteiger partial charge is 0.493 e. The van der Waals surface area contributed by atoms with E-state index in [1.54, 1.807) is 26.2 Å². The SMILES string of the molecule is CCN(C(N)=O)c1nc2cc(-c3cnc(C(C)(C)O)nc3)c(OCC3CC3)cc2s1. The first kappa shape index (κ1) is 20.5. The summed E-state index contributed by atoms with van der Waals surface area (Å²) in [6.07, 6.45) is 5.74. The lowest BCUT2D eigenvalue weighted by Gasteiger charge is -2.16. The van der Waals surface area contributed by atoms with Gasteiger partial charge in [0.15, 0.2) is 11.0 Å². The second kappa shape index (κ2) is 7.81. The Labute approximate surface area is 178 Å². The monoisotopic (exact) mass is 427 g/mol. The molecule has 0 spiro atoms. The van der Waals surface area contributed by atoms with Gasteiger partial charge in [-0.1, -0.05) is 11.3 Å². The van der Waals surface area contributed by atoms with Crippen molar-refractivity contribution in [1.29, 1.82) is 0 Å². The Kier molecular flexibility index (Phi) is 5.33. The van der Waals surface area contributed by atoms with Crippen molar-refractivity contribution in [3.05, 3.63) is 30.4 Å². The first-order valence-electron chi connectivity index (χ1n) is 9.96. The molecule has 2 amide bonds. The average molecular weight is 428 g/mol. The van der Waals surface area contributed by atoms with Crippen molar-refractivity contribution < 1.29 is 14.6 Å². The lowest BCUT2D eigenvalue weighted by atomic mass is 10.1. The quantitative estimate of drug-likeness (QED) is 0.594. The molecule has 4 rings (SSSR count). The second-order valence-electron chi connectivity index (χ2n) is 8.00. The van der Waals surface area contributed by atoms with E-state index in [-0.39, 0.29) is 0 Å². The van der Waals surface area contributed by atoms with Crippen molar-refractivity contribution in [2.24, 2.45) is 11.7 Å². The third kappa shape index (κ3) is 4.22. The lowest BCUT2D eigenvalue weighted by Crippen LogP contribution is -2.35. The summed E-state index contributed by atoms with van der Waals surface area (Å²) in [6, 6.07) is 3.35. The van der Waals surface area contributed by atoms with Gasteiger partial charge in [0.25, 0.3) is 0 Å². The van der Waals surface area contributed by atoms with E-state index in [9.17, 15) is 9.90 Å². The fourth-order valence-corrected chi connectivity index (χ4v) is 4.11. The normalized spacial score (nSPS) is 14.1. The molecule has 0 saturated heterocycles. The van der Waals surface area contributed by atoms with Crippen LogP contribution in [0, 0.1) is 5.92 Å². The van der Waals surface area contributed by atoms with Crippen LogP contribution in [0.1, 0.15) is 39.4 Å². The molecular weight excluding hydrogens is 402 g/mol. The number of fused-ring (bicyclic) bond motifs is 1. The number of thiazole rings is 1. The van der Waals surface area contributed by atoms with Crippen LogP contribution >= 0.6 is 11.3 Å². The van der Waals surface area contributed by atoms with Crippen LogP contribution in [0.5, 0.6) is 5.75 Å². The Bertz CT molecular complexity index is 1070. The number of primary amides is 1. The zero-order valence-corrected chi connectivity index (χ0v) is 18.1. The highest BCUT2D eigenvalue weighted by Crippen LogP contribution is 2.39. The maximum atomic E-state index is 11.7. The Morgan fingerprint density at radius 3 is 2.60 bits per heavy atom. The number of anilines is 1. The van der Waals surface area contributed by atoms with E-state index in [2.05, 4.69) is 15.0 Å². The fourth-order valence-electron chi connectivity index (χ4n) is 3.06. The van der Waals surface area contributed by atoms with E-state index in [4.69, 9.17) is 10.5 Å². The van der Waals surface area contributed by atoms with E-state index in [0.29, 0.717) is 30.0 Å². The van der Waals surface area contributed by atoms with Crippen molar-refractivity contribution in [1.82, 2.24) is 15.0 Å². The number of urea groups is 1. The summed E-state index contributed by atoms with van der Waals surface area (Å²) < 4.78 is 7.04. The molecule has 8 nitrogen and oxygen atoms in total. The minimum atomic E-state index is -1.12. The number of hydrogen-bond donors (Lipinski definition) is 2. The summed E-state index contributed by atoms with van der Waals surface area (Å²) in [5.41, 5.74) is 6.71. The molecule has 1 fully saturated rings. The highest BCUT2D eigenvalue weighted by Gasteiger charge is 2.24. The number of hydrogen-bond acceptors (Lipinski definition) is 7. The number of aromatic nitrogens is 3. The van der Waals surface area contributed by atoms with Gasteiger partial charge in [0.05, 0.1) is 16.8 Å². The molecule has 2 aromatic heterocycles. The van der Waals surface area contributed by atoms with Crippen LogP contribution in [0.3, 0.4) is 0 Å². The van der Waals surface area contributed by atoms with Crippen molar-refractivity contribution in [3.63, 3.8) is 0 Å². The second-order valence-corrected chi connectivity index (χ2v) is 9.01. The van der Waals surface area contributed by atoms with Crippen LogP contribution < -0.4 is 15.4 Å². The molecule has 3 N–H and O–H groups in total. The van der Waals surface area contributed by atoms with Crippen LogP contribution in [0.15, 0.2) is 24.5 Å². The number of carbonyl (C=O) groups is 1. The van der Waals surface area contributed by atoms with Gasteiger partial charge >= 0.3 is 6.03 Å². The Hall–Kier alpha value is -2.78. The van der Waals surface area contributed by atoms with E-state index in [1.807, 2.05) is 19.1 Å². The van der Waals surface area contributed by atoms with Crippen LogP contribution in [-0.2, 0) is 5.60 Å². The Morgan fingerprint density at radius 2 is 2.03 bits per heavy atom. The Morgan fingerprint density at radius 1 is 1.33 bits per heavy atom. The third-order valence-electron chi connectivity index (χ3n) is 4.97. The Balaban J connectivity index is 1.77. The van der Waals surface area contributed by atoms with Gasteiger partial charge < -0.3 is 15.6 Å². The smallest absolute Gasteiger partial charge is 0.321 e. The molecule has 0 unspecified atom stereocenters. The summed E-state index contributed by atoms with van der Waals surface area (Å²) in [5.74, 6) is 1.68. The number of rotatable bonds is 7. The number of benzene rings is 1. The van der Waals surface area contributed by atoms with Gasteiger partial charge in [0.2, 0.25) is 0 Å². The molecule has 9 heteroatoms. The van der Waals surface area contributed by atoms with Crippen LogP contribution in [0.4, 0.5) is 9.93 Å². The van der Waals surface area contributed by atoms with Crippen LogP contribution in [-0.4, -0.2) is 39.2 Å². The first-order valence-corrected chi connectivity index (χ1v) is 10.8. The minimum Gasteiger partial charge on any atom is -0.493 e. The number of ether oxygens (including phenoxy) is 1. The topological polar surface area (TPSA) is 114 Å². The maximum Gasteiger partial charge on any atom is 0.321 e. The van der Waals surface area contributed by atoms with Gasteiger partial charge in [-0.15, -0.1) is 0 Å². The van der Waals surface area contributed by atoms with Gasteiger partial charge in [-0.2, -0.15) is 0 Å². The molecule has 0 radical (unpaired) electrons. The highest BCUT2D eigenvalue weighted by atomic mass is 32.1. The summed E-state index contributed by atoms with van der Waals surface area (Å²) in [7, 11) is 0. The van der Waals surface area contributed by atoms with Crippen molar-refractivity contribution in [2.45, 2.75) is 39.2 Å². The maximum absolute atomic E-state index is 11.7. The molecule has 3 aromatic rings. The molecule has 0 bridgehead atoms. The number of aliphatic hydroxyl groups is 1. The standard InChI is InChI=1S/C21H25N5O3S/c1-4-26(19(22)27)20-25-15-7-14(13-9-23-18(24-10-13)21(2,3)28)16(8-17(15)30-20)29-11-12-5-6-12/h7-10,12,28H,4-6,11H2,1-3H3,(H2,22,27). The van der Waals surface area contributed by atoms with Gasteiger partial charge in [-0.25, -0.2) is 19.7 Å². The molecule has 1 aromatic carbocycles. The van der Waals surface area contributed by atoms with E-state index in [1.165, 1.54) is 29.1 Å². The van der Waals surface area contributed by atoms with E-state index < -0.39 is 11.6 Å². The summed E-state index contributed by atoms with van der Waals surface area (Å²) in [6.45, 7) is 6.25.